The van der Waals surface area contributed by atoms with E-state index in [1.54, 1.807) is 12.1 Å². The van der Waals surface area contributed by atoms with Gasteiger partial charge < -0.3 is 5.73 Å². The SMILES string of the molecule is Cc1ccc([N+](=O)[O-])cc1C(N)c1cc(F)ccc1Br. The fourth-order valence-corrected chi connectivity index (χ4v) is 2.49. The Balaban J connectivity index is 2.52. The number of nitro benzene ring substituents is 1. The summed E-state index contributed by atoms with van der Waals surface area (Å²) in [5.41, 5.74) is 8.07. The van der Waals surface area contributed by atoms with Crippen molar-refractivity contribution >= 4 is 21.6 Å². The first-order valence-corrected chi connectivity index (χ1v) is 6.65. The van der Waals surface area contributed by atoms with E-state index in [2.05, 4.69) is 15.9 Å². The van der Waals surface area contributed by atoms with Crippen molar-refractivity contribution in [2.75, 3.05) is 0 Å². The molecule has 0 amide bonds. The van der Waals surface area contributed by atoms with E-state index in [1.807, 2.05) is 6.92 Å². The van der Waals surface area contributed by atoms with Gasteiger partial charge in [0.05, 0.1) is 11.0 Å². The molecule has 20 heavy (non-hydrogen) atoms. The second-order valence-electron chi connectivity index (χ2n) is 4.44. The Bertz CT molecular complexity index is 676. The number of halogens is 2. The Morgan fingerprint density at radius 2 is 1.95 bits per heavy atom. The Hall–Kier alpha value is -1.79. The van der Waals surface area contributed by atoms with E-state index in [1.165, 1.54) is 24.3 Å². The van der Waals surface area contributed by atoms with Crippen molar-refractivity contribution in [3.63, 3.8) is 0 Å². The standard InChI is InChI=1S/C14H12BrFN2O2/c1-8-2-4-10(18(19)20)7-11(8)14(17)12-6-9(16)3-5-13(12)15/h2-7,14H,17H2,1H3. The zero-order valence-electron chi connectivity index (χ0n) is 10.6. The lowest BCUT2D eigenvalue weighted by Crippen LogP contribution is -2.14. The van der Waals surface area contributed by atoms with Crippen LogP contribution in [0.4, 0.5) is 10.1 Å². The Morgan fingerprint density at radius 3 is 2.60 bits per heavy atom. The minimum absolute atomic E-state index is 0.0337. The van der Waals surface area contributed by atoms with Crippen LogP contribution in [0.3, 0.4) is 0 Å². The van der Waals surface area contributed by atoms with Gasteiger partial charge in [0.2, 0.25) is 0 Å². The first-order valence-electron chi connectivity index (χ1n) is 5.85. The highest BCUT2D eigenvalue weighted by Crippen LogP contribution is 2.31. The molecule has 0 aliphatic carbocycles. The summed E-state index contributed by atoms with van der Waals surface area (Å²) in [4.78, 5) is 10.4. The molecule has 6 heteroatoms. The molecule has 1 unspecified atom stereocenters. The monoisotopic (exact) mass is 338 g/mol. The van der Waals surface area contributed by atoms with E-state index < -0.39 is 16.8 Å². The lowest BCUT2D eigenvalue weighted by Gasteiger charge is -2.16. The molecule has 0 bridgehead atoms. The molecular weight excluding hydrogens is 327 g/mol. The molecule has 0 spiro atoms. The van der Waals surface area contributed by atoms with Crippen LogP contribution in [0.25, 0.3) is 0 Å². The van der Waals surface area contributed by atoms with E-state index in [0.717, 1.165) is 5.56 Å². The summed E-state index contributed by atoms with van der Waals surface area (Å²) in [6, 6.07) is 8.06. The largest absolute Gasteiger partial charge is 0.320 e. The van der Waals surface area contributed by atoms with Gasteiger partial charge in [0.25, 0.3) is 5.69 Å². The molecule has 0 aromatic heterocycles. The molecule has 0 radical (unpaired) electrons. The molecule has 2 rings (SSSR count). The summed E-state index contributed by atoms with van der Waals surface area (Å²) >= 11 is 3.32. The number of hydrogen-bond acceptors (Lipinski definition) is 3. The number of non-ortho nitro benzene ring substituents is 1. The number of aryl methyl sites for hydroxylation is 1. The molecular formula is C14H12BrFN2O2. The summed E-state index contributed by atoms with van der Waals surface area (Å²) in [5, 5.41) is 10.8. The maximum Gasteiger partial charge on any atom is 0.269 e. The van der Waals surface area contributed by atoms with Gasteiger partial charge in [-0.3, -0.25) is 10.1 Å². The first-order chi connectivity index (χ1) is 9.40. The van der Waals surface area contributed by atoms with Crippen LogP contribution in [-0.4, -0.2) is 4.92 Å². The Morgan fingerprint density at radius 1 is 1.25 bits per heavy atom. The molecule has 1 atom stereocenters. The van der Waals surface area contributed by atoms with Crippen LogP contribution in [0.2, 0.25) is 0 Å². The van der Waals surface area contributed by atoms with Gasteiger partial charge in [-0.1, -0.05) is 22.0 Å². The highest BCUT2D eigenvalue weighted by molar-refractivity contribution is 9.10. The van der Waals surface area contributed by atoms with Crippen molar-refractivity contribution in [2.45, 2.75) is 13.0 Å². The van der Waals surface area contributed by atoms with E-state index in [9.17, 15) is 14.5 Å². The van der Waals surface area contributed by atoms with E-state index in [4.69, 9.17) is 5.73 Å². The van der Waals surface area contributed by atoms with Gasteiger partial charge in [-0.05, 0) is 41.8 Å². The number of nitro groups is 1. The van der Waals surface area contributed by atoms with Crippen molar-refractivity contribution in [3.8, 4) is 0 Å². The minimum atomic E-state index is -0.639. The number of hydrogen-bond donors (Lipinski definition) is 1. The third-order valence-electron chi connectivity index (χ3n) is 3.10. The Labute approximate surface area is 123 Å². The Kier molecular flexibility index (Phi) is 4.15. The van der Waals surface area contributed by atoms with Crippen molar-refractivity contribution in [1.82, 2.24) is 0 Å². The van der Waals surface area contributed by atoms with Crippen molar-refractivity contribution in [2.24, 2.45) is 5.73 Å². The van der Waals surface area contributed by atoms with Crippen molar-refractivity contribution < 1.29 is 9.31 Å². The van der Waals surface area contributed by atoms with Gasteiger partial charge in [0, 0.05) is 16.6 Å². The third kappa shape index (κ3) is 2.86. The topological polar surface area (TPSA) is 69.2 Å². The van der Waals surface area contributed by atoms with E-state index in [0.29, 0.717) is 15.6 Å². The normalized spacial score (nSPS) is 12.2. The highest BCUT2D eigenvalue weighted by atomic mass is 79.9. The average Bonchev–Trinajstić information content (AvgIpc) is 2.41. The summed E-state index contributed by atoms with van der Waals surface area (Å²) in [5.74, 6) is -0.401. The lowest BCUT2D eigenvalue weighted by molar-refractivity contribution is -0.384. The number of nitrogens with zero attached hydrogens (tertiary/aromatic N) is 1. The molecule has 2 aromatic carbocycles. The number of rotatable bonds is 3. The maximum atomic E-state index is 13.3. The fourth-order valence-electron chi connectivity index (χ4n) is 2.00. The van der Waals surface area contributed by atoms with Gasteiger partial charge in [-0.25, -0.2) is 4.39 Å². The minimum Gasteiger partial charge on any atom is -0.320 e. The molecule has 2 N–H and O–H groups in total. The molecule has 0 saturated carbocycles. The van der Waals surface area contributed by atoms with E-state index >= 15 is 0 Å². The zero-order valence-corrected chi connectivity index (χ0v) is 12.2. The average molecular weight is 339 g/mol. The number of nitrogens with two attached hydrogens (primary N) is 1. The van der Waals surface area contributed by atoms with Gasteiger partial charge in [0.15, 0.2) is 0 Å². The molecule has 0 saturated heterocycles. The van der Waals surface area contributed by atoms with Crippen LogP contribution < -0.4 is 5.73 Å². The predicted octanol–water partition coefficient (Wildman–Crippen LogP) is 3.85. The maximum absolute atomic E-state index is 13.3. The second-order valence-corrected chi connectivity index (χ2v) is 5.30. The highest BCUT2D eigenvalue weighted by Gasteiger charge is 2.18. The van der Waals surface area contributed by atoms with Crippen LogP contribution in [0, 0.1) is 22.9 Å². The van der Waals surface area contributed by atoms with E-state index in [-0.39, 0.29) is 5.69 Å². The molecule has 104 valence electrons. The van der Waals surface area contributed by atoms with Gasteiger partial charge in [-0.2, -0.15) is 0 Å². The van der Waals surface area contributed by atoms with Crippen LogP contribution >= 0.6 is 15.9 Å². The van der Waals surface area contributed by atoms with Gasteiger partial charge >= 0.3 is 0 Å². The summed E-state index contributed by atoms with van der Waals surface area (Å²) in [6.07, 6.45) is 0. The van der Waals surface area contributed by atoms with Crippen LogP contribution in [0.15, 0.2) is 40.9 Å². The predicted molar refractivity (Wildman–Crippen MR) is 78.0 cm³/mol. The first kappa shape index (κ1) is 14.6. The van der Waals surface area contributed by atoms with Crippen LogP contribution in [-0.2, 0) is 0 Å². The second kappa shape index (κ2) is 5.68. The molecule has 0 aliphatic heterocycles. The quantitative estimate of drug-likeness (QED) is 0.682. The van der Waals surface area contributed by atoms with Crippen molar-refractivity contribution in [1.29, 1.82) is 0 Å². The zero-order chi connectivity index (χ0) is 14.9. The molecule has 0 heterocycles. The molecule has 2 aromatic rings. The number of benzene rings is 2. The fraction of sp³-hybridized carbons (Fsp3) is 0.143. The third-order valence-corrected chi connectivity index (χ3v) is 3.82. The summed E-state index contributed by atoms with van der Waals surface area (Å²) < 4.78 is 14.0. The van der Waals surface area contributed by atoms with Crippen molar-refractivity contribution in [3.05, 3.63) is 73.5 Å². The summed E-state index contributed by atoms with van der Waals surface area (Å²) in [7, 11) is 0. The lowest BCUT2D eigenvalue weighted by atomic mass is 9.95. The van der Waals surface area contributed by atoms with Crippen LogP contribution in [0.5, 0.6) is 0 Å². The molecule has 4 nitrogen and oxygen atoms in total. The molecule has 0 fully saturated rings. The molecule has 0 aliphatic rings. The van der Waals surface area contributed by atoms with Crippen LogP contribution in [0.1, 0.15) is 22.7 Å². The smallest absolute Gasteiger partial charge is 0.269 e. The summed E-state index contributed by atoms with van der Waals surface area (Å²) in [6.45, 7) is 1.81. The van der Waals surface area contributed by atoms with Gasteiger partial charge in [0.1, 0.15) is 5.82 Å². The van der Waals surface area contributed by atoms with Gasteiger partial charge in [-0.15, -0.1) is 0 Å².